The van der Waals surface area contributed by atoms with Gasteiger partial charge in [0.2, 0.25) is 0 Å². The van der Waals surface area contributed by atoms with Crippen molar-refractivity contribution in [2.75, 3.05) is 7.11 Å². The lowest BCUT2D eigenvalue weighted by molar-refractivity contribution is 0.406. The van der Waals surface area contributed by atoms with Crippen LogP contribution in [0.15, 0.2) is 18.2 Å². The minimum atomic E-state index is -0.0642. The quantitative estimate of drug-likeness (QED) is 0.938. The molecule has 2 rings (SSSR count). The number of nitrogens with zero attached hydrogens (tertiary/aromatic N) is 2. The molecule has 0 radical (unpaired) electrons. The lowest BCUT2D eigenvalue weighted by Crippen LogP contribution is -2.12. The third-order valence-corrected chi connectivity index (χ3v) is 3.64. The summed E-state index contributed by atoms with van der Waals surface area (Å²) >= 11 is 1.36. The maximum absolute atomic E-state index is 5.85. The zero-order chi connectivity index (χ0) is 14.8. The first-order valence-corrected chi connectivity index (χ1v) is 7.14. The fraction of sp³-hybridized carbons (Fsp3) is 0.429. The predicted octanol–water partition coefficient (Wildman–Crippen LogP) is 3.10. The first-order chi connectivity index (χ1) is 9.44. The van der Waals surface area contributed by atoms with Crippen LogP contribution in [0.1, 0.15) is 31.3 Å². The molecule has 6 heteroatoms. The van der Waals surface area contributed by atoms with Crippen molar-refractivity contribution in [2.24, 2.45) is 5.73 Å². The van der Waals surface area contributed by atoms with Gasteiger partial charge >= 0.3 is 0 Å². The number of benzene rings is 1. The lowest BCUT2D eigenvalue weighted by atomic mass is 9.86. The first-order valence-electron chi connectivity index (χ1n) is 6.33. The fourth-order valence-electron chi connectivity index (χ4n) is 1.77. The molecule has 2 N–H and O–H groups in total. The Morgan fingerprint density at radius 2 is 2.00 bits per heavy atom. The minimum Gasteiger partial charge on any atom is -0.497 e. The molecular formula is C14H19N3O2S. The van der Waals surface area contributed by atoms with Gasteiger partial charge in [0.1, 0.15) is 16.5 Å². The van der Waals surface area contributed by atoms with E-state index in [1.807, 2.05) is 18.2 Å². The second-order valence-corrected chi connectivity index (χ2v) is 6.40. The number of rotatable bonds is 4. The Morgan fingerprint density at radius 1 is 1.25 bits per heavy atom. The molecule has 0 saturated heterocycles. The summed E-state index contributed by atoms with van der Waals surface area (Å²) in [5, 5.41) is 9.19. The second-order valence-electron chi connectivity index (χ2n) is 5.38. The van der Waals surface area contributed by atoms with Gasteiger partial charge in [0.05, 0.1) is 7.11 Å². The summed E-state index contributed by atoms with van der Waals surface area (Å²) in [7, 11) is 1.65. The Hall–Kier alpha value is -1.66. The topological polar surface area (TPSA) is 70.3 Å². The molecule has 0 aliphatic carbocycles. The van der Waals surface area contributed by atoms with E-state index in [9.17, 15) is 0 Å². The minimum absolute atomic E-state index is 0.0642. The lowest BCUT2D eigenvalue weighted by Gasteiger charge is -2.22. The standard InChI is InChI=1S/C14H19N3O2S/c1-14(2,3)10-7-9(18-4)5-6-11(10)19-13-17-16-12(8-15)20-13/h5-7H,8,15H2,1-4H3. The molecule has 0 aliphatic rings. The Kier molecular flexibility index (Phi) is 4.25. The van der Waals surface area contributed by atoms with Gasteiger partial charge in [-0.2, -0.15) is 0 Å². The molecule has 20 heavy (non-hydrogen) atoms. The van der Waals surface area contributed by atoms with Crippen molar-refractivity contribution in [3.05, 3.63) is 28.8 Å². The molecule has 0 aliphatic heterocycles. The highest BCUT2D eigenvalue weighted by molar-refractivity contribution is 7.13. The molecule has 1 aromatic heterocycles. The summed E-state index contributed by atoms with van der Waals surface area (Å²) in [5.74, 6) is 1.57. The molecule has 0 fully saturated rings. The van der Waals surface area contributed by atoms with Crippen LogP contribution in [0.3, 0.4) is 0 Å². The van der Waals surface area contributed by atoms with Gasteiger partial charge in [0.25, 0.3) is 5.19 Å². The summed E-state index contributed by atoms with van der Waals surface area (Å²) < 4.78 is 11.1. The van der Waals surface area contributed by atoms with Gasteiger partial charge in [0.15, 0.2) is 0 Å². The molecule has 0 amide bonds. The highest BCUT2D eigenvalue weighted by Crippen LogP contribution is 2.37. The first kappa shape index (κ1) is 14.7. The zero-order valence-electron chi connectivity index (χ0n) is 12.1. The fourth-order valence-corrected chi connectivity index (χ4v) is 2.35. The van der Waals surface area contributed by atoms with Gasteiger partial charge in [-0.05, 0) is 23.6 Å². The van der Waals surface area contributed by atoms with Crippen LogP contribution in [-0.2, 0) is 12.0 Å². The Balaban J connectivity index is 2.35. The van der Waals surface area contributed by atoms with Crippen molar-refractivity contribution in [1.82, 2.24) is 10.2 Å². The molecule has 5 nitrogen and oxygen atoms in total. The van der Waals surface area contributed by atoms with E-state index in [2.05, 4.69) is 31.0 Å². The Morgan fingerprint density at radius 3 is 2.55 bits per heavy atom. The van der Waals surface area contributed by atoms with Crippen molar-refractivity contribution in [3.8, 4) is 16.7 Å². The molecule has 0 atom stereocenters. The smallest absolute Gasteiger partial charge is 0.299 e. The number of ether oxygens (including phenoxy) is 2. The van der Waals surface area contributed by atoms with Crippen LogP contribution in [-0.4, -0.2) is 17.3 Å². The third kappa shape index (κ3) is 3.26. The SMILES string of the molecule is COc1ccc(Oc2nnc(CN)s2)c(C(C)(C)C)c1. The third-order valence-electron chi connectivity index (χ3n) is 2.81. The van der Waals surface area contributed by atoms with Gasteiger partial charge in [0, 0.05) is 12.1 Å². The Bertz CT molecular complexity index is 590. The van der Waals surface area contributed by atoms with Gasteiger partial charge in [-0.25, -0.2) is 0 Å². The summed E-state index contributed by atoms with van der Waals surface area (Å²) in [5.41, 5.74) is 6.52. The van der Waals surface area contributed by atoms with E-state index in [1.165, 1.54) is 11.3 Å². The number of hydrogen-bond acceptors (Lipinski definition) is 6. The zero-order valence-corrected chi connectivity index (χ0v) is 13.0. The average molecular weight is 293 g/mol. The number of aromatic nitrogens is 2. The molecule has 108 valence electrons. The Labute approximate surface area is 122 Å². The second kappa shape index (κ2) is 5.76. The summed E-state index contributed by atoms with van der Waals surface area (Å²) in [6.45, 7) is 6.75. The van der Waals surface area contributed by atoms with Gasteiger partial charge < -0.3 is 15.2 Å². The summed E-state index contributed by atoms with van der Waals surface area (Å²) in [6, 6.07) is 5.75. The monoisotopic (exact) mass is 293 g/mol. The van der Waals surface area contributed by atoms with Crippen LogP contribution in [0.2, 0.25) is 0 Å². The highest BCUT2D eigenvalue weighted by Gasteiger charge is 2.21. The maximum atomic E-state index is 5.85. The van der Waals surface area contributed by atoms with Crippen LogP contribution >= 0.6 is 11.3 Å². The van der Waals surface area contributed by atoms with Crippen molar-refractivity contribution >= 4 is 11.3 Å². The summed E-state index contributed by atoms with van der Waals surface area (Å²) in [6.07, 6.45) is 0. The van der Waals surface area contributed by atoms with Gasteiger partial charge in [-0.3, -0.25) is 0 Å². The predicted molar refractivity (Wildman–Crippen MR) is 79.6 cm³/mol. The van der Waals surface area contributed by atoms with Crippen molar-refractivity contribution in [3.63, 3.8) is 0 Å². The van der Waals surface area contributed by atoms with Crippen LogP contribution in [0.4, 0.5) is 0 Å². The van der Waals surface area contributed by atoms with Crippen molar-refractivity contribution in [1.29, 1.82) is 0 Å². The summed E-state index contributed by atoms with van der Waals surface area (Å²) in [4.78, 5) is 0. The number of nitrogens with two attached hydrogens (primary N) is 1. The van der Waals surface area contributed by atoms with E-state index in [1.54, 1.807) is 7.11 Å². The van der Waals surface area contributed by atoms with Crippen LogP contribution in [0.25, 0.3) is 0 Å². The van der Waals surface area contributed by atoms with E-state index < -0.39 is 0 Å². The van der Waals surface area contributed by atoms with Crippen molar-refractivity contribution < 1.29 is 9.47 Å². The number of methoxy groups -OCH3 is 1. The van der Waals surface area contributed by atoms with E-state index in [-0.39, 0.29) is 5.41 Å². The van der Waals surface area contributed by atoms with Gasteiger partial charge in [-0.1, -0.05) is 37.2 Å². The molecule has 1 aromatic carbocycles. The van der Waals surface area contributed by atoms with Crippen LogP contribution in [0.5, 0.6) is 16.7 Å². The van der Waals surface area contributed by atoms with E-state index >= 15 is 0 Å². The molecular weight excluding hydrogens is 274 g/mol. The van der Waals surface area contributed by atoms with Crippen LogP contribution in [0, 0.1) is 0 Å². The van der Waals surface area contributed by atoms with E-state index in [0.717, 1.165) is 22.1 Å². The largest absolute Gasteiger partial charge is 0.497 e. The van der Waals surface area contributed by atoms with Gasteiger partial charge in [-0.15, -0.1) is 5.10 Å². The molecule has 2 aromatic rings. The molecule has 0 bridgehead atoms. The highest BCUT2D eigenvalue weighted by atomic mass is 32.1. The van der Waals surface area contributed by atoms with Crippen molar-refractivity contribution in [2.45, 2.75) is 32.7 Å². The molecule has 0 spiro atoms. The van der Waals surface area contributed by atoms with Crippen LogP contribution < -0.4 is 15.2 Å². The molecule has 1 heterocycles. The molecule has 0 unspecified atom stereocenters. The number of hydrogen-bond donors (Lipinski definition) is 1. The molecule has 0 saturated carbocycles. The van der Waals surface area contributed by atoms with E-state index in [0.29, 0.717) is 11.7 Å². The normalized spacial score (nSPS) is 11.4. The average Bonchev–Trinajstić information content (AvgIpc) is 2.85. The maximum Gasteiger partial charge on any atom is 0.299 e. The van der Waals surface area contributed by atoms with E-state index in [4.69, 9.17) is 15.2 Å².